The van der Waals surface area contributed by atoms with Gasteiger partial charge in [0.2, 0.25) is 0 Å². The van der Waals surface area contributed by atoms with Crippen molar-refractivity contribution in [1.82, 2.24) is 0 Å². The quantitative estimate of drug-likeness (QED) is 0.522. The first-order valence-electron chi connectivity index (χ1n) is 5.84. The van der Waals surface area contributed by atoms with Gasteiger partial charge in [0.1, 0.15) is 5.75 Å². The van der Waals surface area contributed by atoms with E-state index in [1.165, 1.54) is 0 Å². The molecule has 0 amide bonds. The maximum atomic E-state index is 11.3. The van der Waals surface area contributed by atoms with E-state index in [0.717, 1.165) is 27.8 Å². The summed E-state index contributed by atoms with van der Waals surface area (Å²) >= 11 is 0. The van der Waals surface area contributed by atoms with E-state index in [0.29, 0.717) is 5.75 Å². The third-order valence-electron chi connectivity index (χ3n) is 2.95. The fraction of sp³-hybridized carbons (Fsp3) is 0.0667. The summed E-state index contributed by atoms with van der Waals surface area (Å²) in [5.74, 6) is 0.366. The van der Waals surface area contributed by atoms with E-state index in [9.17, 15) is 8.42 Å². The second kappa shape index (κ2) is 6.24. The standard InChI is InChI=1S/C15H12O3S.Rb.H/c1-19(16,17)18-15-8-4-7-13-9-11-5-2-3-6-12(11)10-14(13)15;;/h2-10H,1H3;;. The van der Waals surface area contributed by atoms with Crippen LogP contribution in [0.25, 0.3) is 21.5 Å². The van der Waals surface area contributed by atoms with Gasteiger partial charge in [0.25, 0.3) is 0 Å². The third kappa shape index (κ3) is 3.49. The minimum atomic E-state index is -3.52. The van der Waals surface area contributed by atoms with Crippen LogP contribution in [0, 0.1) is 0 Å². The van der Waals surface area contributed by atoms with Crippen molar-refractivity contribution < 1.29 is 12.6 Å². The molecule has 0 N–H and O–H groups in total. The van der Waals surface area contributed by atoms with E-state index in [1.54, 1.807) is 12.1 Å². The van der Waals surface area contributed by atoms with Gasteiger partial charge in [0.05, 0.1) is 6.26 Å². The van der Waals surface area contributed by atoms with Crippen molar-refractivity contribution in [1.29, 1.82) is 0 Å². The number of benzene rings is 3. The van der Waals surface area contributed by atoms with Crippen LogP contribution in [0.2, 0.25) is 0 Å². The summed E-state index contributed by atoms with van der Waals surface area (Å²) in [4.78, 5) is 0. The minimum absolute atomic E-state index is 0. The molecule has 3 aromatic rings. The molecule has 0 aliphatic heterocycles. The van der Waals surface area contributed by atoms with Crippen molar-refractivity contribution in [2.45, 2.75) is 0 Å². The van der Waals surface area contributed by atoms with E-state index in [-0.39, 0.29) is 58.2 Å². The van der Waals surface area contributed by atoms with Crippen LogP contribution in [-0.2, 0) is 10.1 Å². The van der Waals surface area contributed by atoms with E-state index in [1.807, 2.05) is 42.5 Å². The first kappa shape index (κ1) is 16.1. The second-order valence-corrected chi connectivity index (χ2v) is 6.04. The van der Waals surface area contributed by atoms with Crippen LogP contribution < -0.4 is 4.18 Å². The van der Waals surface area contributed by atoms with Gasteiger partial charge in [0, 0.05) is 5.39 Å². The van der Waals surface area contributed by atoms with Gasteiger partial charge in [-0.3, -0.25) is 0 Å². The van der Waals surface area contributed by atoms with Crippen LogP contribution in [0.4, 0.5) is 0 Å². The summed E-state index contributed by atoms with van der Waals surface area (Å²) in [6.07, 6.45) is 1.05. The Bertz CT molecular complexity index is 873. The summed E-state index contributed by atoms with van der Waals surface area (Å²) in [5, 5.41) is 3.93. The zero-order valence-electron chi connectivity index (χ0n) is 10.3. The SMILES string of the molecule is CS(=O)(=O)Oc1cccc2cc3ccccc3cc12.[RbH]. The molecule has 0 atom stereocenters. The van der Waals surface area contributed by atoms with Crippen LogP contribution in [0.15, 0.2) is 54.6 Å². The van der Waals surface area contributed by atoms with E-state index in [4.69, 9.17) is 4.18 Å². The Hall–Kier alpha value is -0.265. The van der Waals surface area contributed by atoms with Crippen LogP contribution in [0.1, 0.15) is 0 Å². The normalized spacial score (nSPS) is 11.2. The van der Waals surface area contributed by atoms with Crippen LogP contribution in [0.5, 0.6) is 5.75 Å². The van der Waals surface area contributed by atoms with Crippen molar-refractivity contribution >= 4 is 89.9 Å². The molecule has 0 aliphatic carbocycles. The summed E-state index contributed by atoms with van der Waals surface area (Å²) < 4.78 is 27.6. The summed E-state index contributed by atoms with van der Waals surface area (Å²) in [6.45, 7) is 0. The topological polar surface area (TPSA) is 43.4 Å². The predicted molar refractivity (Wildman–Crippen MR) is 84.1 cm³/mol. The number of rotatable bonds is 2. The molecule has 0 aliphatic rings. The Morgan fingerprint density at radius 2 is 1.45 bits per heavy atom. The average molecular weight is 359 g/mol. The van der Waals surface area contributed by atoms with Crippen LogP contribution >= 0.6 is 0 Å². The number of hydrogen-bond donors (Lipinski definition) is 0. The molecule has 3 rings (SSSR count). The molecule has 0 saturated carbocycles. The molecular formula is C15H13O3RbS. The molecule has 98 valence electrons. The predicted octanol–water partition coefficient (Wildman–Crippen LogP) is 2.68. The van der Waals surface area contributed by atoms with Crippen LogP contribution in [0.3, 0.4) is 0 Å². The molecule has 0 fully saturated rings. The van der Waals surface area contributed by atoms with Crippen molar-refractivity contribution in [3.05, 3.63) is 54.6 Å². The Morgan fingerprint density at radius 3 is 2.10 bits per heavy atom. The van der Waals surface area contributed by atoms with Gasteiger partial charge in [-0.25, -0.2) is 0 Å². The maximum absolute atomic E-state index is 11.3. The van der Waals surface area contributed by atoms with Gasteiger partial charge in [-0.15, -0.1) is 0 Å². The van der Waals surface area contributed by atoms with Crippen LogP contribution in [-0.4, -0.2) is 72.9 Å². The molecule has 0 radical (unpaired) electrons. The molecule has 0 bridgehead atoms. The number of hydrogen-bond acceptors (Lipinski definition) is 3. The molecule has 0 unspecified atom stereocenters. The van der Waals surface area contributed by atoms with Crippen molar-refractivity contribution in [3.63, 3.8) is 0 Å². The molecule has 5 heteroatoms. The first-order valence-corrected chi connectivity index (χ1v) is 7.65. The Morgan fingerprint density at radius 1 is 0.850 bits per heavy atom. The fourth-order valence-electron chi connectivity index (χ4n) is 2.17. The molecular weight excluding hydrogens is 346 g/mol. The summed E-state index contributed by atoms with van der Waals surface area (Å²) in [7, 11) is -3.52. The fourth-order valence-corrected chi connectivity index (χ4v) is 2.65. The molecule has 0 heterocycles. The van der Waals surface area contributed by atoms with E-state index < -0.39 is 10.1 Å². The summed E-state index contributed by atoms with van der Waals surface area (Å²) in [5.41, 5.74) is 0. The number of fused-ring (bicyclic) bond motifs is 2. The van der Waals surface area contributed by atoms with Crippen molar-refractivity contribution in [2.75, 3.05) is 6.26 Å². The monoisotopic (exact) mass is 358 g/mol. The Labute approximate surface area is 166 Å². The second-order valence-electron chi connectivity index (χ2n) is 4.46. The molecule has 20 heavy (non-hydrogen) atoms. The molecule has 0 aromatic heterocycles. The first-order chi connectivity index (χ1) is 9.03. The summed E-state index contributed by atoms with van der Waals surface area (Å²) in [6, 6.07) is 17.3. The molecule has 3 aromatic carbocycles. The van der Waals surface area contributed by atoms with E-state index in [2.05, 4.69) is 0 Å². The van der Waals surface area contributed by atoms with Crippen molar-refractivity contribution in [3.8, 4) is 5.75 Å². The third-order valence-corrected chi connectivity index (χ3v) is 3.43. The Kier molecular flexibility index (Phi) is 5.03. The molecule has 0 spiro atoms. The molecule has 3 nitrogen and oxygen atoms in total. The van der Waals surface area contributed by atoms with Gasteiger partial charge in [-0.1, -0.05) is 36.4 Å². The van der Waals surface area contributed by atoms with Gasteiger partial charge in [-0.2, -0.15) is 8.42 Å². The van der Waals surface area contributed by atoms with Gasteiger partial charge < -0.3 is 4.18 Å². The van der Waals surface area contributed by atoms with Crippen molar-refractivity contribution in [2.24, 2.45) is 0 Å². The van der Waals surface area contributed by atoms with Gasteiger partial charge >= 0.3 is 68.3 Å². The molecule has 0 saturated heterocycles. The van der Waals surface area contributed by atoms with Gasteiger partial charge in [-0.05, 0) is 34.4 Å². The zero-order valence-corrected chi connectivity index (χ0v) is 11.1. The average Bonchev–Trinajstić information content (AvgIpc) is 2.35. The van der Waals surface area contributed by atoms with E-state index >= 15 is 0 Å². The zero-order chi connectivity index (χ0) is 13.5. The van der Waals surface area contributed by atoms with Gasteiger partial charge in [0.15, 0.2) is 0 Å². The Balaban J connectivity index is 0.00000147.